The molecule has 1 aromatic carbocycles. The second-order valence-corrected chi connectivity index (χ2v) is 5.19. The lowest BCUT2D eigenvalue weighted by Crippen LogP contribution is -2.24. The van der Waals surface area contributed by atoms with Crippen molar-refractivity contribution in [2.45, 2.75) is 32.3 Å². The summed E-state index contributed by atoms with van der Waals surface area (Å²) in [4.78, 5) is 0. The van der Waals surface area contributed by atoms with Crippen molar-refractivity contribution in [3.05, 3.63) is 35.4 Å². The van der Waals surface area contributed by atoms with Crippen molar-refractivity contribution in [1.29, 1.82) is 5.26 Å². The molecule has 1 aromatic rings. The van der Waals surface area contributed by atoms with Gasteiger partial charge < -0.3 is 5.11 Å². The van der Waals surface area contributed by atoms with E-state index >= 15 is 0 Å². The third kappa shape index (κ3) is 2.11. The van der Waals surface area contributed by atoms with E-state index in [1.54, 1.807) is 0 Å². The summed E-state index contributed by atoms with van der Waals surface area (Å²) in [5.41, 5.74) is -0.603. The molecule has 1 aliphatic carbocycles. The number of aliphatic hydroxyl groups excluding tert-OH is 1. The van der Waals surface area contributed by atoms with Crippen LogP contribution in [0, 0.1) is 34.3 Å². The third-order valence-electron chi connectivity index (χ3n) is 3.80. The molecule has 1 aliphatic rings. The molecule has 96 valence electrons. The molecular weight excluding hydrogens is 236 g/mol. The maximum absolute atomic E-state index is 13.2. The van der Waals surface area contributed by atoms with Crippen LogP contribution in [0.3, 0.4) is 0 Å². The average molecular weight is 251 g/mol. The van der Waals surface area contributed by atoms with Crippen LogP contribution in [0.4, 0.5) is 8.78 Å². The van der Waals surface area contributed by atoms with Crippen LogP contribution in [0.15, 0.2) is 18.2 Å². The summed E-state index contributed by atoms with van der Waals surface area (Å²) in [6.45, 7) is 2.02. The summed E-state index contributed by atoms with van der Waals surface area (Å²) in [7, 11) is 0. The van der Waals surface area contributed by atoms with Gasteiger partial charge in [0.25, 0.3) is 0 Å². The molecule has 1 N–H and O–H groups in total. The highest BCUT2D eigenvalue weighted by molar-refractivity contribution is 5.25. The lowest BCUT2D eigenvalue weighted by atomic mass is 9.78. The van der Waals surface area contributed by atoms with Crippen molar-refractivity contribution in [2.24, 2.45) is 11.3 Å². The Morgan fingerprint density at radius 2 is 2.17 bits per heavy atom. The SMILES string of the molecule is CC1CCC(C#N)(C(O)c2ccc(F)c(F)c2)C1. The van der Waals surface area contributed by atoms with E-state index in [2.05, 4.69) is 6.07 Å². The minimum Gasteiger partial charge on any atom is -0.387 e. The number of hydrogen-bond acceptors (Lipinski definition) is 2. The largest absolute Gasteiger partial charge is 0.387 e. The topological polar surface area (TPSA) is 44.0 Å². The number of aliphatic hydroxyl groups is 1. The first-order valence-electron chi connectivity index (χ1n) is 6.03. The van der Waals surface area contributed by atoms with Gasteiger partial charge in [-0.2, -0.15) is 5.26 Å². The Labute approximate surface area is 105 Å². The molecule has 4 heteroatoms. The highest BCUT2D eigenvalue weighted by Gasteiger charge is 2.44. The normalized spacial score (nSPS) is 28.9. The zero-order valence-electron chi connectivity index (χ0n) is 10.2. The van der Waals surface area contributed by atoms with Gasteiger partial charge in [-0.3, -0.25) is 0 Å². The van der Waals surface area contributed by atoms with Gasteiger partial charge in [-0.25, -0.2) is 8.78 Å². The molecule has 3 atom stereocenters. The van der Waals surface area contributed by atoms with Crippen LogP contribution in [-0.2, 0) is 0 Å². The fourth-order valence-corrected chi connectivity index (χ4v) is 2.74. The van der Waals surface area contributed by atoms with E-state index in [9.17, 15) is 19.1 Å². The molecule has 3 unspecified atom stereocenters. The number of rotatable bonds is 2. The number of benzene rings is 1. The number of nitriles is 1. The van der Waals surface area contributed by atoms with Gasteiger partial charge in [-0.1, -0.05) is 13.0 Å². The first-order chi connectivity index (χ1) is 8.48. The van der Waals surface area contributed by atoms with E-state index in [1.165, 1.54) is 6.07 Å². The fourth-order valence-electron chi connectivity index (χ4n) is 2.74. The standard InChI is InChI=1S/C14H15F2NO/c1-9-4-5-14(7-9,8-17)13(18)10-2-3-11(15)12(16)6-10/h2-3,6,9,13,18H,4-5,7H2,1H3. The number of halogens is 2. The fraction of sp³-hybridized carbons (Fsp3) is 0.500. The Balaban J connectivity index is 2.32. The molecule has 0 aromatic heterocycles. The minimum absolute atomic E-state index is 0.268. The summed E-state index contributed by atoms with van der Waals surface area (Å²) < 4.78 is 26.0. The third-order valence-corrected chi connectivity index (χ3v) is 3.80. The van der Waals surface area contributed by atoms with Gasteiger partial charge >= 0.3 is 0 Å². The van der Waals surface area contributed by atoms with E-state index in [0.29, 0.717) is 18.8 Å². The highest BCUT2D eigenvalue weighted by Crippen LogP contribution is 2.49. The smallest absolute Gasteiger partial charge is 0.159 e. The molecule has 2 nitrogen and oxygen atoms in total. The van der Waals surface area contributed by atoms with E-state index < -0.39 is 23.2 Å². The van der Waals surface area contributed by atoms with Crippen LogP contribution in [0.2, 0.25) is 0 Å². The molecule has 0 heterocycles. The van der Waals surface area contributed by atoms with Crippen LogP contribution < -0.4 is 0 Å². The van der Waals surface area contributed by atoms with Gasteiger partial charge in [-0.15, -0.1) is 0 Å². The molecule has 0 amide bonds. The Morgan fingerprint density at radius 3 is 2.67 bits per heavy atom. The first-order valence-corrected chi connectivity index (χ1v) is 6.03. The summed E-state index contributed by atoms with van der Waals surface area (Å²) in [5, 5.41) is 19.6. The predicted octanol–water partition coefficient (Wildman–Crippen LogP) is 3.33. The van der Waals surface area contributed by atoms with Crippen molar-refractivity contribution in [3.8, 4) is 6.07 Å². The predicted molar refractivity (Wildman–Crippen MR) is 62.4 cm³/mol. The van der Waals surface area contributed by atoms with E-state index in [0.717, 1.165) is 18.6 Å². The van der Waals surface area contributed by atoms with Crippen LogP contribution in [0.5, 0.6) is 0 Å². The Kier molecular flexibility index (Phi) is 3.36. The zero-order chi connectivity index (χ0) is 13.3. The van der Waals surface area contributed by atoms with Gasteiger partial charge in [0.05, 0.1) is 17.6 Å². The van der Waals surface area contributed by atoms with Crippen LogP contribution >= 0.6 is 0 Å². The average Bonchev–Trinajstić information content (AvgIpc) is 2.75. The summed E-state index contributed by atoms with van der Waals surface area (Å²) in [6, 6.07) is 5.47. The van der Waals surface area contributed by atoms with Crippen molar-refractivity contribution < 1.29 is 13.9 Å². The minimum atomic E-state index is -1.07. The van der Waals surface area contributed by atoms with E-state index in [-0.39, 0.29) is 5.56 Å². The van der Waals surface area contributed by atoms with E-state index in [1.807, 2.05) is 6.92 Å². The summed E-state index contributed by atoms with van der Waals surface area (Å²) >= 11 is 0. The molecule has 18 heavy (non-hydrogen) atoms. The molecule has 0 bridgehead atoms. The number of nitrogens with zero attached hydrogens (tertiary/aromatic N) is 1. The highest BCUT2D eigenvalue weighted by atomic mass is 19.2. The summed E-state index contributed by atoms with van der Waals surface area (Å²) in [5.74, 6) is -1.58. The van der Waals surface area contributed by atoms with E-state index in [4.69, 9.17) is 0 Å². The van der Waals surface area contributed by atoms with Crippen molar-refractivity contribution >= 4 is 0 Å². The van der Waals surface area contributed by atoms with Gasteiger partial charge in [0.1, 0.15) is 0 Å². The molecule has 1 saturated carbocycles. The van der Waals surface area contributed by atoms with Gasteiger partial charge in [0.15, 0.2) is 11.6 Å². The monoisotopic (exact) mass is 251 g/mol. The van der Waals surface area contributed by atoms with Crippen LogP contribution in [0.1, 0.15) is 37.9 Å². The molecule has 0 aliphatic heterocycles. The Hall–Kier alpha value is -1.47. The van der Waals surface area contributed by atoms with Crippen LogP contribution in [-0.4, -0.2) is 5.11 Å². The maximum atomic E-state index is 13.2. The Bertz CT molecular complexity index is 497. The lowest BCUT2D eigenvalue weighted by Gasteiger charge is -2.27. The first kappa shape index (κ1) is 13.0. The van der Waals surface area contributed by atoms with Gasteiger partial charge in [0, 0.05) is 0 Å². The second-order valence-electron chi connectivity index (χ2n) is 5.19. The summed E-state index contributed by atoms with van der Waals surface area (Å²) in [6.07, 6.45) is 0.977. The molecule has 1 fully saturated rings. The second kappa shape index (κ2) is 4.66. The Morgan fingerprint density at radius 1 is 1.44 bits per heavy atom. The maximum Gasteiger partial charge on any atom is 0.159 e. The van der Waals surface area contributed by atoms with Crippen molar-refractivity contribution in [1.82, 2.24) is 0 Å². The van der Waals surface area contributed by atoms with Crippen LogP contribution in [0.25, 0.3) is 0 Å². The molecule has 0 radical (unpaired) electrons. The number of hydrogen-bond donors (Lipinski definition) is 1. The van der Waals surface area contributed by atoms with Crippen molar-refractivity contribution in [3.63, 3.8) is 0 Å². The van der Waals surface area contributed by atoms with Gasteiger partial charge in [-0.05, 0) is 42.9 Å². The molecule has 0 spiro atoms. The quantitative estimate of drug-likeness (QED) is 0.876. The van der Waals surface area contributed by atoms with Crippen molar-refractivity contribution in [2.75, 3.05) is 0 Å². The molecular formula is C14H15F2NO. The van der Waals surface area contributed by atoms with Gasteiger partial charge in [0.2, 0.25) is 0 Å². The zero-order valence-corrected chi connectivity index (χ0v) is 10.2. The lowest BCUT2D eigenvalue weighted by molar-refractivity contribution is 0.0643. The molecule has 0 saturated heterocycles. The molecule has 2 rings (SSSR count).